The second-order valence-electron chi connectivity index (χ2n) is 5.17. The second kappa shape index (κ2) is 6.05. The van der Waals surface area contributed by atoms with Gasteiger partial charge in [-0.1, -0.05) is 6.42 Å². The molecule has 0 unspecified atom stereocenters. The number of hydrogen-bond acceptors (Lipinski definition) is 5. The number of nitrogens with one attached hydrogen (secondary N) is 1. The highest BCUT2D eigenvalue weighted by molar-refractivity contribution is 5.25. The monoisotopic (exact) mass is 272 g/mol. The molecule has 0 aromatic carbocycles. The van der Waals surface area contributed by atoms with Crippen molar-refractivity contribution in [1.29, 1.82) is 0 Å². The summed E-state index contributed by atoms with van der Waals surface area (Å²) in [6.45, 7) is 2.02. The Morgan fingerprint density at radius 3 is 3.15 bits per heavy atom. The van der Waals surface area contributed by atoms with Gasteiger partial charge in [-0.15, -0.1) is 0 Å². The Balaban J connectivity index is 1.80. The van der Waals surface area contributed by atoms with Crippen molar-refractivity contribution in [2.24, 2.45) is 0 Å². The summed E-state index contributed by atoms with van der Waals surface area (Å²) < 4.78 is 5.17. The van der Waals surface area contributed by atoms with E-state index in [4.69, 9.17) is 4.42 Å². The van der Waals surface area contributed by atoms with Gasteiger partial charge in [0.25, 0.3) is 0 Å². The fourth-order valence-electron chi connectivity index (χ4n) is 2.81. The Kier molecular flexibility index (Phi) is 3.97. The highest BCUT2D eigenvalue weighted by Crippen LogP contribution is 2.31. The van der Waals surface area contributed by atoms with E-state index in [1.165, 1.54) is 18.4 Å². The summed E-state index contributed by atoms with van der Waals surface area (Å²) in [6, 6.07) is 4.43. The fraction of sp³-hybridized carbons (Fsp3) is 0.467. The highest BCUT2D eigenvalue weighted by Gasteiger charge is 2.25. The minimum absolute atomic E-state index is 0.369. The molecule has 1 aliphatic rings. The molecular formula is C15H20N4O. The topological polar surface area (TPSA) is 54.2 Å². The zero-order chi connectivity index (χ0) is 13.8. The lowest BCUT2D eigenvalue weighted by atomic mass is 9.98. The lowest BCUT2D eigenvalue weighted by Crippen LogP contribution is -2.33. The van der Waals surface area contributed by atoms with Crippen molar-refractivity contribution in [3.8, 4) is 0 Å². The Morgan fingerprint density at radius 2 is 2.35 bits per heavy atom. The molecule has 5 heteroatoms. The van der Waals surface area contributed by atoms with E-state index in [0.29, 0.717) is 12.0 Å². The molecular weight excluding hydrogens is 252 g/mol. The van der Waals surface area contributed by atoms with Crippen LogP contribution in [0.15, 0.2) is 35.3 Å². The third kappa shape index (κ3) is 2.82. The van der Waals surface area contributed by atoms with Crippen molar-refractivity contribution >= 4 is 5.95 Å². The van der Waals surface area contributed by atoms with E-state index in [1.54, 1.807) is 6.26 Å². The molecule has 1 saturated heterocycles. The molecule has 0 bridgehead atoms. The molecule has 1 aliphatic heterocycles. The van der Waals surface area contributed by atoms with Crippen LogP contribution in [0.2, 0.25) is 0 Å². The van der Waals surface area contributed by atoms with E-state index < -0.39 is 0 Å². The summed E-state index contributed by atoms with van der Waals surface area (Å²) in [7, 11) is 1.85. The minimum Gasteiger partial charge on any atom is -0.472 e. The fourth-order valence-corrected chi connectivity index (χ4v) is 2.81. The molecule has 20 heavy (non-hydrogen) atoms. The molecule has 0 spiro atoms. The van der Waals surface area contributed by atoms with Gasteiger partial charge in [0.05, 0.1) is 24.3 Å². The SMILES string of the molecule is CNc1nccc([C@@H]2CCCCN2Cc2ccoc2)n1. The van der Waals surface area contributed by atoms with Crippen LogP contribution in [0, 0.1) is 0 Å². The van der Waals surface area contributed by atoms with Gasteiger partial charge in [-0.3, -0.25) is 4.90 Å². The van der Waals surface area contributed by atoms with E-state index in [-0.39, 0.29) is 0 Å². The quantitative estimate of drug-likeness (QED) is 0.927. The highest BCUT2D eigenvalue weighted by atomic mass is 16.3. The molecule has 3 rings (SSSR count). The Morgan fingerprint density at radius 1 is 1.40 bits per heavy atom. The number of rotatable bonds is 4. The first-order chi connectivity index (χ1) is 9.86. The maximum Gasteiger partial charge on any atom is 0.222 e. The molecule has 3 heterocycles. The first kappa shape index (κ1) is 13.1. The smallest absolute Gasteiger partial charge is 0.222 e. The zero-order valence-corrected chi connectivity index (χ0v) is 11.7. The third-order valence-electron chi connectivity index (χ3n) is 3.82. The predicted octanol–water partition coefficient (Wildman–Crippen LogP) is 2.84. The molecule has 0 aliphatic carbocycles. The molecule has 2 aromatic heterocycles. The molecule has 1 atom stereocenters. The van der Waals surface area contributed by atoms with E-state index in [0.717, 1.165) is 25.2 Å². The standard InChI is InChI=1S/C15H20N4O/c1-16-15-17-7-5-13(18-15)14-4-2-3-8-19(14)10-12-6-9-20-11-12/h5-7,9,11,14H,2-4,8,10H2,1H3,(H,16,17,18)/t14-/m0/s1. The Hall–Kier alpha value is -1.88. The van der Waals surface area contributed by atoms with Crippen LogP contribution < -0.4 is 5.32 Å². The van der Waals surface area contributed by atoms with Gasteiger partial charge in [-0.2, -0.15) is 0 Å². The van der Waals surface area contributed by atoms with Gasteiger partial charge in [0, 0.05) is 25.4 Å². The normalized spacial score (nSPS) is 19.9. The lowest BCUT2D eigenvalue weighted by Gasteiger charge is -2.35. The molecule has 0 radical (unpaired) electrons. The number of likely N-dealkylation sites (tertiary alicyclic amines) is 1. The summed E-state index contributed by atoms with van der Waals surface area (Å²) >= 11 is 0. The van der Waals surface area contributed by atoms with Gasteiger partial charge in [-0.05, 0) is 31.5 Å². The molecule has 5 nitrogen and oxygen atoms in total. The summed E-state index contributed by atoms with van der Waals surface area (Å²) in [5, 5.41) is 3.01. The van der Waals surface area contributed by atoms with Gasteiger partial charge >= 0.3 is 0 Å². The van der Waals surface area contributed by atoms with Crippen molar-refractivity contribution in [1.82, 2.24) is 14.9 Å². The number of piperidine rings is 1. The van der Waals surface area contributed by atoms with E-state index in [2.05, 4.69) is 20.2 Å². The van der Waals surface area contributed by atoms with Gasteiger partial charge in [-0.25, -0.2) is 9.97 Å². The van der Waals surface area contributed by atoms with Crippen LogP contribution in [0.5, 0.6) is 0 Å². The second-order valence-corrected chi connectivity index (χ2v) is 5.17. The van der Waals surface area contributed by atoms with Crippen LogP contribution in [0.3, 0.4) is 0 Å². The van der Waals surface area contributed by atoms with Crippen LogP contribution in [-0.4, -0.2) is 28.5 Å². The van der Waals surface area contributed by atoms with Crippen LogP contribution >= 0.6 is 0 Å². The van der Waals surface area contributed by atoms with Crippen LogP contribution in [-0.2, 0) is 6.54 Å². The maximum atomic E-state index is 5.17. The average Bonchev–Trinajstić information content (AvgIpc) is 3.01. The lowest BCUT2D eigenvalue weighted by molar-refractivity contribution is 0.137. The Bertz CT molecular complexity index is 541. The predicted molar refractivity (Wildman–Crippen MR) is 77.3 cm³/mol. The first-order valence-electron chi connectivity index (χ1n) is 7.12. The van der Waals surface area contributed by atoms with Crippen molar-refractivity contribution in [2.75, 3.05) is 18.9 Å². The number of anilines is 1. The molecule has 1 fully saturated rings. The summed E-state index contributed by atoms with van der Waals surface area (Å²) in [5.74, 6) is 0.691. The maximum absolute atomic E-state index is 5.17. The van der Waals surface area contributed by atoms with Crippen LogP contribution in [0.4, 0.5) is 5.95 Å². The third-order valence-corrected chi connectivity index (χ3v) is 3.82. The first-order valence-corrected chi connectivity index (χ1v) is 7.12. The van der Waals surface area contributed by atoms with Crippen molar-refractivity contribution < 1.29 is 4.42 Å². The number of furan rings is 1. The molecule has 1 N–H and O–H groups in total. The van der Waals surface area contributed by atoms with Crippen LogP contribution in [0.25, 0.3) is 0 Å². The van der Waals surface area contributed by atoms with Gasteiger partial charge < -0.3 is 9.73 Å². The summed E-state index contributed by atoms with van der Waals surface area (Å²) in [4.78, 5) is 11.3. The van der Waals surface area contributed by atoms with Crippen molar-refractivity contribution in [3.05, 3.63) is 42.1 Å². The van der Waals surface area contributed by atoms with E-state index in [9.17, 15) is 0 Å². The molecule has 0 saturated carbocycles. The van der Waals surface area contributed by atoms with Crippen molar-refractivity contribution in [2.45, 2.75) is 31.8 Å². The number of hydrogen-bond donors (Lipinski definition) is 1. The van der Waals surface area contributed by atoms with Gasteiger partial charge in [0.1, 0.15) is 0 Å². The molecule has 106 valence electrons. The summed E-state index contributed by atoms with van der Waals surface area (Å²) in [6.07, 6.45) is 9.04. The molecule has 0 amide bonds. The zero-order valence-electron chi connectivity index (χ0n) is 11.7. The van der Waals surface area contributed by atoms with E-state index in [1.807, 2.05) is 31.6 Å². The van der Waals surface area contributed by atoms with Gasteiger partial charge in [0.2, 0.25) is 5.95 Å². The number of aromatic nitrogens is 2. The summed E-state index contributed by atoms with van der Waals surface area (Å²) in [5.41, 5.74) is 2.33. The number of nitrogens with zero attached hydrogens (tertiary/aromatic N) is 3. The minimum atomic E-state index is 0.369. The van der Waals surface area contributed by atoms with E-state index >= 15 is 0 Å². The average molecular weight is 272 g/mol. The van der Waals surface area contributed by atoms with Crippen molar-refractivity contribution in [3.63, 3.8) is 0 Å². The molecule has 2 aromatic rings. The largest absolute Gasteiger partial charge is 0.472 e. The van der Waals surface area contributed by atoms with Gasteiger partial charge in [0.15, 0.2) is 0 Å². The van der Waals surface area contributed by atoms with Crippen LogP contribution in [0.1, 0.15) is 36.6 Å². The Labute approximate surface area is 119 Å².